The SMILES string of the molecule is CNc1c(N)ccc2c1OC[C@@H]1CN(C(=O)OC(C)(C)C)CCN1C2=O. The van der Waals surface area contributed by atoms with Gasteiger partial charge in [0.15, 0.2) is 5.75 Å². The van der Waals surface area contributed by atoms with Gasteiger partial charge in [0.05, 0.1) is 17.3 Å². The molecule has 2 aliphatic rings. The van der Waals surface area contributed by atoms with E-state index in [4.69, 9.17) is 15.2 Å². The first-order valence-corrected chi connectivity index (χ1v) is 8.73. The first-order valence-electron chi connectivity index (χ1n) is 8.73. The molecule has 8 nitrogen and oxygen atoms in total. The molecule has 1 aromatic rings. The second kappa shape index (κ2) is 6.59. The number of rotatable bonds is 1. The number of carbonyl (C=O) groups is 2. The minimum absolute atomic E-state index is 0.108. The van der Waals surface area contributed by atoms with Crippen LogP contribution < -0.4 is 15.8 Å². The van der Waals surface area contributed by atoms with E-state index in [1.807, 2.05) is 20.8 Å². The van der Waals surface area contributed by atoms with Gasteiger partial charge in [-0.05, 0) is 32.9 Å². The highest BCUT2D eigenvalue weighted by atomic mass is 16.6. The van der Waals surface area contributed by atoms with E-state index in [1.54, 1.807) is 29.0 Å². The average Bonchev–Trinajstić information content (AvgIpc) is 2.70. The van der Waals surface area contributed by atoms with Crippen LogP contribution in [0.5, 0.6) is 5.75 Å². The fourth-order valence-corrected chi connectivity index (χ4v) is 3.27. The minimum atomic E-state index is -0.556. The zero-order valence-corrected chi connectivity index (χ0v) is 15.7. The molecule has 0 radical (unpaired) electrons. The van der Waals surface area contributed by atoms with E-state index in [0.717, 1.165) is 0 Å². The molecule has 2 aliphatic heterocycles. The Morgan fingerprint density at radius 1 is 1.35 bits per heavy atom. The number of hydrogen-bond acceptors (Lipinski definition) is 6. The number of nitrogen functional groups attached to an aromatic ring is 1. The third-order valence-corrected chi connectivity index (χ3v) is 4.49. The maximum absolute atomic E-state index is 13.0. The highest BCUT2D eigenvalue weighted by Gasteiger charge is 2.38. The van der Waals surface area contributed by atoms with Crippen molar-refractivity contribution in [3.63, 3.8) is 0 Å². The lowest BCUT2D eigenvalue weighted by molar-refractivity contribution is 0.000967. The molecular weight excluding hydrogens is 336 g/mol. The molecule has 0 spiro atoms. The largest absolute Gasteiger partial charge is 0.488 e. The molecule has 1 saturated heterocycles. The van der Waals surface area contributed by atoms with E-state index in [1.165, 1.54) is 0 Å². The summed E-state index contributed by atoms with van der Waals surface area (Å²) in [5.74, 6) is 0.360. The molecule has 142 valence electrons. The van der Waals surface area contributed by atoms with Gasteiger partial charge in [-0.15, -0.1) is 0 Å². The van der Waals surface area contributed by atoms with Crippen LogP contribution in [0.4, 0.5) is 16.2 Å². The Balaban J connectivity index is 1.82. The third kappa shape index (κ3) is 3.36. The number of carbonyl (C=O) groups excluding carboxylic acids is 2. The van der Waals surface area contributed by atoms with Gasteiger partial charge in [0.2, 0.25) is 0 Å². The molecule has 0 bridgehead atoms. The molecule has 1 aromatic carbocycles. The smallest absolute Gasteiger partial charge is 0.410 e. The van der Waals surface area contributed by atoms with E-state index in [-0.39, 0.29) is 24.6 Å². The number of benzene rings is 1. The predicted octanol–water partition coefficient (Wildman–Crippen LogP) is 1.76. The molecule has 8 heteroatoms. The Morgan fingerprint density at radius 2 is 2.08 bits per heavy atom. The lowest BCUT2D eigenvalue weighted by Crippen LogP contribution is -2.58. The van der Waals surface area contributed by atoms with Crippen LogP contribution in [-0.2, 0) is 4.74 Å². The number of fused-ring (bicyclic) bond motifs is 2. The molecule has 0 aromatic heterocycles. The quantitative estimate of drug-likeness (QED) is 0.739. The highest BCUT2D eigenvalue weighted by Crippen LogP contribution is 2.37. The van der Waals surface area contributed by atoms with E-state index in [2.05, 4.69) is 5.32 Å². The molecule has 0 saturated carbocycles. The summed E-state index contributed by atoms with van der Waals surface area (Å²) < 4.78 is 11.4. The summed E-state index contributed by atoms with van der Waals surface area (Å²) in [6, 6.07) is 3.15. The van der Waals surface area contributed by atoms with Crippen molar-refractivity contribution < 1.29 is 19.1 Å². The van der Waals surface area contributed by atoms with Crippen LogP contribution >= 0.6 is 0 Å². The monoisotopic (exact) mass is 362 g/mol. The Labute approximate surface area is 153 Å². The lowest BCUT2D eigenvalue weighted by atomic mass is 10.1. The Hall–Kier alpha value is -2.64. The number of piperazine rings is 1. The number of amides is 2. The van der Waals surface area contributed by atoms with Crippen LogP contribution in [0.2, 0.25) is 0 Å². The van der Waals surface area contributed by atoms with Crippen molar-refractivity contribution in [2.24, 2.45) is 0 Å². The fraction of sp³-hybridized carbons (Fsp3) is 0.556. The zero-order chi connectivity index (χ0) is 19.1. The summed E-state index contributed by atoms with van der Waals surface area (Å²) in [4.78, 5) is 28.7. The van der Waals surface area contributed by atoms with Crippen LogP contribution in [0.15, 0.2) is 12.1 Å². The predicted molar refractivity (Wildman–Crippen MR) is 98.5 cm³/mol. The van der Waals surface area contributed by atoms with Gasteiger partial charge in [-0.2, -0.15) is 0 Å². The topological polar surface area (TPSA) is 97.1 Å². The summed E-state index contributed by atoms with van der Waals surface area (Å²) in [6.45, 7) is 7.03. The van der Waals surface area contributed by atoms with Gasteiger partial charge in [0, 0.05) is 26.7 Å². The lowest BCUT2D eigenvalue weighted by Gasteiger charge is -2.40. The number of nitrogens with zero attached hydrogens (tertiary/aromatic N) is 2. The Kier molecular flexibility index (Phi) is 4.60. The van der Waals surface area contributed by atoms with Crippen molar-refractivity contribution in [2.75, 3.05) is 44.3 Å². The number of hydrogen-bond donors (Lipinski definition) is 2. The van der Waals surface area contributed by atoms with Crippen LogP contribution in [0.25, 0.3) is 0 Å². The van der Waals surface area contributed by atoms with Crippen molar-refractivity contribution in [1.29, 1.82) is 0 Å². The van der Waals surface area contributed by atoms with Crippen molar-refractivity contribution in [3.05, 3.63) is 17.7 Å². The molecule has 2 heterocycles. The third-order valence-electron chi connectivity index (χ3n) is 4.49. The zero-order valence-electron chi connectivity index (χ0n) is 15.7. The van der Waals surface area contributed by atoms with Crippen molar-refractivity contribution in [2.45, 2.75) is 32.4 Å². The summed E-state index contributed by atoms with van der Waals surface area (Å²) in [5.41, 5.74) is 7.04. The summed E-state index contributed by atoms with van der Waals surface area (Å²) in [6.07, 6.45) is -0.369. The molecule has 26 heavy (non-hydrogen) atoms. The molecule has 3 N–H and O–H groups in total. The van der Waals surface area contributed by atoms with E-state index in [0.29, 0.717) is 42.3 Å². The maximum atomic E-state index is 13.0. The second-order valence-corrected chi connectivity index (χ2v) is 7.55. The number of anilines is 2. The van der Waals surface area contributed by atoms with Gasteiger partial charge in [-0.25, -0.2) is 4.79 Å². The molecule has 3 rings (SSSR count). The van der Waals surface area contributed by atoms with Gasteiger partial charge >= 0.3 is 6.09 Å². The maximum Gasteiger partial charge on any atom is 0.410 e. The van der Waals surface area contributed by atoms with Crippen molar-refractivity contribution >= 4 is 23.4 Å². The van der Waals surface area contributed by atoms with Crippen LogP contribution in [-0.4, -0.2) is 66.7 Å². The number of nitrogens with two attached hydrogens (primary N) is 1. The van der Waals surface area contributed by atoms with Crippen LogP contribution in [0.3, 0.4) is 0 Å². The second-order valence-electron chi connectivity index (χ2n) is 7.55. The first kappa shape index (κ1) is 18.2. The molecular formula is C18H26N4O4. The van der Waals surface area contributed by atoms with Gasteiger partial charge < -0.3 is 30.3 Å². The van der Waals surface area contributed by atoms with Gasteiger partial charge in [0.1, 0.15) is 17.9 Å². The van der Waals surface area contributed by atoms with Crippen molar-refractivity contribution in [1.82, 2.24) is 9.80 Å². The number of ether oxygens (including phenoxy) is 2. The van der Waals surface area contributed by atoms with Gasteiger partial charge in [-0.1, -0.05) is 0 Å². The standard InChI is InChI=1S/C18H26N4O4/c1-18(2,3)26-17(24)21-7-8-22-11(9-21)10-25-15-12(16(22)23)5-6-13(19)14(15)20-4/h5-6,11,20H,7-10,19H2,1-4H3/t11-/m0/s1. The summed E-state index contributed by atoms with van der Waals surface area (Å²) in [5, 5.41) is 3.00. The molecule has 2 amide bonds. The van der Waals surface area contributed by atoms with E-state index >= 15 is 0 Å². The molecule has 1 atom stereocenters. The van der Waals surface area contributed by atoms with Crippen LogP contribution in [0.1, 0.15) is 31.1 Å². The Bertz CT molecular complexity index is 729. The Morgan fingerprint density at radius 3 is 2.73 bits per heavy atom. The molecule has 0 aliphatic carbocycles. The summed E-state index contributed by atoms with van der Waals surface area (Å²) >= 11 is 0. The van der Waals surface area contributed by atoms with Crippen LogP contribution in [0, 0.1) is 0 Å². The normalized spacial score (nSPS) is 19.8. The average molecular weight is 362 g/mol. The van der Waals surface area contributed by atoms with E-state index < -0.39 is 5.60 Å². The minimum Gasteiger partial charge on any atom is -0.488 e. The first-order chi connectivity index (χ1) is 12.2. The molecule has 1 fully saturated rings. The number of nitrogens with one attached hydrogen (secondary N) is 1. The van der Waals surface area contributed by atoms with Gasteiger partial charge in [-0.3, -0.25) is 4.79 Å². The fourth-order valence-electron chi connectivity index (χ4n) is 3.27. The van der Waals surface area contributed by atoms with Crippen molar-refractivity contribution in [3.8, 4) is 5.75 Å². The summed E-state index contributed by atoms with van der Waals surface area (Å²) in [7, 11) is 1.74. The van der Waals surface area contributed by atoms with Gasteiger partial charge in [0.25, 0.3) is 5.91 Å². The molecule has 0 unspecified atom stereocenters. The highest BCUT2D eigenvalue weighted by molar-refractivity contribution is 6.01. The van der Waals surface area contributed by atoms with E-state index in [9.17, 15) is 9.59 Å².